The van der Waals surface area contributed by atoms with Gasteiger partial charge in [-0.1, -0.05) is 0 Å². The Bertz CT molecular complexity index is 851. The van der Waals surface area contributed by atoms with Gasteiger partial charge in [-0.25, -0.2) is 9.50 Å². The summed E-state index contributed by atoms with van der Waals surface area (Å²) in [6.07, 6.45) is 1.71. The summed E-state index contributed by atoms with van der Waals surface area (Å²) < 4.78 is 12.0. The minimum atomic E-state index is -0.265. The Morgan fingerprint density at radius 2 is 1.83 bits per heavy atom. The monoisotopic (exact) mass is 312 g/mol. The number of amides is 1. The maximum absolute atomic E-state index is 12.4. The molecule has 2 heterocycles. The van der Waals surface area contributed by atoms with Crippen molar-refractivity contribution in [1.29, 1.82) is 0 Å². The van der Waals surface area contributed by atoms with E-state index in [1.54, 1.807) is 41.0 Å². The number of rotatable bonds is 4. The maximum atomic E-state index is 12.4. The van der Waals surface area contributed by atoms with Crippen molar-refractivity contribution in [3.8, 4) is 11.5 Å². The van der Waals surface area contributed by atoms with Crippen molar-refractivity contribution in [2.45, 2.75) is 6.92 Å². The van der Waals surface area contributed by atoms with Gasteiger partial charge in [0.2, 0.25) is 0 Å². The van der Waals surface area contributed by atoms with E-state index in [1.807, 2.05) is 6.92 Å². The molecule has 0 aliphatic carbocycles. The number of fused-ring (bicyclic) bond motifs is 1. The second kappa shape index (κ2) is 5.96. The molecule has 0 aliphatic heterocycles. The van der Waals surface area contributed by atoms with Gasteiger partial charge < -0.3 is 14.8 Å². The smallest absolute Gasteiger partial charge is 0.255 e. The summed E-state index contributed by atoms with van der Waals surface area (Å²) in [4.78, 5) is 16.7. The SMILES string of the molecule is COc1cc(OC)cc(C(=O)Nc2ccc3nc(C)nn3c2)c1. The molecule has 7 heteroatoms. The van der Waals surface area contributed by atoms with E-state index in [1.165, 1.54) is 14.2 Å². The Balaban J connectivity index is 1.87. The van der Waals surface area contributed by atoms with Crippen LogP contribution in [0.25, 0.3) is 5.65 Å². The molecular weight excluding hydrogens is 296 g/mol. The van der Waals surface area contributed by atoms with Crippen LogP contribution >= 0.6 is 0 Å². The average molecular weight is 312 g/mol. The molecule has 1 aromatic carbocycles. The number of benzene rings is 1. The minimum Gasteiger partial charge on any atom is -0.497 e. The zero-order valence-corrected chi connectivity index (χ0v) is 13.0. The third kappa shape index (κ3) is 3.08. The first-order valence-corrected chi connectivity index (χ1v) is 6.96. The first-order valence-electron chi connectivity index (χ1n) is 6.96. The standard InChI is InChI=1S/C16H16N4O3/c1-10-17-15-5-4-12(9-20(15)19-10)18-16(21)11-6-13(22-2)8-14(7-11)23-3/h4-9H,1-3H3,(H,18,21). The molecule has 3 aromatic rings. The molecule has 1 amide bonds. The number of pyridine rings is 1. The summed E-state index contributed by atoms with van der Waals surface area (Å²) in [7, 11) is 3.08. The van der Waals surface area contributed by atoms with Crippen LogP contribution in [0.4, 0.5) is 5.69 Å². The molecule has 0 radical (unpaired) electrons. The van der Waals surface area contributed by atoms with E-state index in [9.17, 15) is 4.79 Å². The first-order chi connectivity index (χ1) is 11.1. The molecule has 23 heavy (non-hydrogen) atoms. The molecule has 118 valence electrons. The highest BCUT2D eigenvalue weighted by Gasteiger charge is 2.11. The lowest BCUT2D eigenvalue weighted by atomic mass is 10.2. The number of hydrogen-bond acceptors (Lipinski definition) is 5. The van der Waals surface area contributed by atoms with Gasteiger partial charge in [0.05, 0.1) is 26.1 Å². The van der Waals surface area contributed by atoms with E-state index < -0.39 is 0 Å². The highest BCUT2D eigenvalue weighted by atomic mass is 16.5. The van der Waals surface area contributed by atoms with Crippen LogP contribution in [0, 0.1) is 6.92 Å². The highest BCUT2D eigenvalue weighted by molar-refractivity contribution is 6.04. The fourth-order valence-electron chi connectivity index (χ4n) is 2.21. The topological polar surface area (TPSA) is 77.8 Å². The molecule has 3 rings (SSSR count). The quantitative estimate of drug-likeness (QED) is 0.800. The Morgan fingerprint density at radius 3 is 2.48 bits per heavy atom. The van der Waals surface area contributed by atoms with Crippen LogP contribution in [0.1, 0.15) is 16.2 Å². The van der Waals surface area contributed by atoms with Crippen LogP contribution in [0.15, 0.2) is 36.5 Å². The van der Waals surface area contributed by atoms with Gasteiger partial charge in [-0.05, 0) is 31.2 Å². The van der Waals surface area contributed by atoms with E-state index in [2.05, 4.69) is 15.4 Å². The summed E-state index contributed by atoms with van der Waals surface area (Å²) in [5.41, 5.74) is 1.79. The lowest BCUT2D eigenvalue weighted by Crippen LogP contribution is -2.12. The number of carbonyl (C=O) groups is 1. The number of methoxy groups -OCH3 is 2. The van der Waals surface area contributed by atoms with Gasteiger partial charge in [0.15, 0.2) is 5.65 Å². The zero-order valence-electron chi connectivity index (χ0n) is 13.0. The Morgan fingerprint density at radius 1 is 1.13 bits per heavy atom. The number of aryl methyl sites for hydroxylation is 1. The molecule has 0 fully saturated rings. The van der Waals surface area contributed by atoms with Crippen LogP contribution in [0.5, 0.6) is 11.5 Å². The van der Waals surface area contributed by atoms with E-state index in [-0.39, 0.29) is 5.91 Å². The van der Waals surface area contributed by atoms with Crippen molar-refractivity contribution in [1.82, 2.24) is 14.6 Å². The van der Waals surface area contributed by atoms with Crippen molar-refractivity contribution in [2.24, 2.45) is 0 Å². The van der Waals surface area contributed by atoms with Crippen molar-refractivity contribution in [3.05, 3.63) is 47.9 Å². The van der Waals surface area contributed by atoms with Crippen molar-refractivity contribution >= 4 is 17.2 Å². The van der Waals surface area contributed by atoms with Crippen LogP contribution in [-0.2, 0) is 0 Å². The molecule has 0 atom stereocenters. The number of aromatic nitrogens is 3. The first kappa shape index (κ1) is 14.8. The molecule has 0 saturated carbocycles. The van der Waals surface area contributed by atoms with Crippen LogP contribution in [0.3, 0.4) is 0 Å². The van der Waals surface area contributed by atoms with Crippen molar-refractivity contribution in [3.63, 3.8) is 0 Å². The molecule has 0 saturated heterocycles. The summed E-state index contributed by atoms with van der Waals surface area (Å²) >= 11 is 0. The largest absolute Gasteiger partial charge is 0.497 e. The highest BCUT2D eigenvalue weighted by Crippen LogP contribution is 2.23. The summed E-state index contributed by atoms with van der Waals surface area (Å²) in [5.74, 6) is 1.51. The van der Waals surface area contributed by atoms with Crippen LogP contribution < -0.4 is 14.8 Å². The van der Waals surface area contributed by atoms with Crippen LogP contribution in [-0.4, -0.2) is 34.7 Å². The number of anilines is 1. The van der Waals surface area contributed by atoms with Crippen molar-refractivity contribution in [2.75, 3.05) is 19.5 Å². The minimum absolute atomic E-state index is 0.265. The van der Waals surface area contributed by atoms with Gasteiger partial charge in [-0.2, -0.15) is 5.10 Å². The van der Waals surface area contributed by atoms with Gasteiger partial charge >= 0.3 is 0 Å². The molecular formula is C16H16N4O3. The lowest BCUT2D eigenvalue weighted by molar-refractivity contribution is 0.102. The second-order valence-corrected chi connectivity index (χ2v) is 4.94. The summed E-state index contributed by atoms with van der Waals surface area (Å²) in [5, 5.41) is 7.05. The van der Waals surface area contributed by atoms with Crippen LogP contribution in [0.2, 0.25) is 0 Å². The Labute approximate surface area is 132 Å². The van der Waals surface area contributed by atoms with Gasteiger partial charge in [0.25, 0.3) is 5.91 Å². The molecule has 0 spiro atoms. The van der Waals surface area contributed by atoms with Gasteiger partial charge in [0, 0.05) is 11.6 Å². The predicted octanol–water partition coefficient (Wildman–Crippen LogP) is 2.31. The molecule has 0 aliphatic rings. The van der Waals surface area contributed by atoms with E-state index in [0.717, 1.165) is 5.65 Å². The maximum Gasteiger partial charge on any atom is 0.255 e. The number of ether oxygens (including phenoxy) is 2. The van der Waals surface area contributed by atoms with Gasteiger partial charge in [-0.3, -0.25) is 4.79 Å². The van der Waals surface area contributed by atoms with Gasteiger partial charge in [-0.15, -0.1) is 0 Å². The van der Waals surface area contributed by atoms with E-state index in [0.29, 0.717) is 28.6 Å². The van der Waals surface area contributed by atoms with E-state index in [4.69, 9.17) is 9.47 Å². The average Bonchev–Trinajstić information content (AvgIpc) is 2.93. The van der Waals surface area contributed by atoms with Crippen molar-refractivity contribution < 1.29 is 14.3 Å². The summed E-state index contributed by atoms with van der Waals surface area (Å²) in [6, 6.07) is 8.58. The summed E-state index contributed by atoms with van der Waals surface area (Å²) in [6.45, 7) is 1.81. The Hall–Kier alpha value is -3.09. The molecule has 7 nitrogen and oxygen atoms in total. The van der Waals surface area contributed by atoms with Gasteiger partial charge in [0.1, 0.15) is 17.3 Å². The third-order valence-electron chi connectivity index (χ3n) is 3.31. The normalized spacial score (nSPS) is 10.6. The molecule has 2 aromatic heterocycles. The fourth-order valence-corrected chi connectivity index (χ4v) is 2.21. The lowest BCUT2D eigenvalue weighted by Gasteiger charge is -2.09. The predicted molar refractivity (Wildman–Crippen MR) is 85.2 cm³/mol. The van der Waals surface area contributed by atoms with E-state index >= 15 is 0 Å². The number of nitrogens with zero attached hydrogens (tertiary/aromatic N) is 3. The number of nitrogens with one attached hydrogen (secondary N) is 1. The second-order valence-electron chi connectivity index (χ2n) is 4.94. The number of carbonyl (C=O) groups excluding carboxylic acids is 1. The zero-order chi connectivity index (χ0) is 16.4. The third-order valence-corrected chi connectivity index (χ3v) is 3.31. The Kier molecular flexibility index (Phi) is 3.84. The molecule has 0 unspecified atom stereocenters. The molecule has 1 N–H and O–H groups in total. The molecule has 0 bridgehead atoms. The fraction of sp³-hybridized carbons (Fsp3) is 0.188. The number of hydrogen-bond donors (Lipinski definition) is 1.